The summed E-state index contributed by atoms with van der Waals surface area (Å²) >= 11 is 0. The van der Waals surface area contributed by atoms with Crippen molar-refractivity contribution in [3.63, 3.8) is 0 Å². The van der Waals surface area contributed by atoms with E-state index in [-0.39, 0.29) is 11.8 Å². The molecule has 2 nitrogen and oxygen atoms in total. The minimum Gasteiger partial charge on any atom is -0.356 e. The molecule has 2 heteroatoms. The van der Waals surface area contributed by atoms with E-state index in [9.17, 15) is 4.79 Å². The van der Waals surface area contributed by atoms with Gasteiger partial charge in [0.25, 0.3) is 0 Å². The Balaban J connectivity index is 3.81. The molecule has 0 atom stereocenters. The highest BCUT2D eigenvalue weighted by Gasteiger charge is 2.14. The highest BCUT2D eigenvalue weighted by molar-refractivity contribution is 5.78. The molecule has 0 saturated heterocycles. The SMILES string of the molecule is CCC(CC)CNC(=O)C(CC)CC. The van der Waals surface area contributed by atoms with Crippen molar-refractivity contribution in [1.29, 1.82) is 0 Å². The average Bonchev–Trinajstić information content (AvgIpc) is 2.21. The third-order valence-corrected chi connectivity index (χ3v) is 3.08. The van der Waals surface area contributed by atoms with Crippen molar-refractivity contribution in [2.75, 3.05) is 6.54 Å². The molecule has 0 aliphatic rings. The lowest BCUT2D eigenvalue weighted by molar-refractivity contribution is -0.125. The standard InChI is InChI=1S/C12H25NO/c1-5-10(6-2)9-13-12(14)11(7-3)8-4/h10-11H,5-9H2,1-4H3,(H,13,14). The molecule has 0 fully saturated rings. The molecule has 14 heavy (non-hydrogen) atoms. The van der Waals surface area contributed by atoms with Gasteiger partial charge < -0.3 is 5.32 Å². The Morgan fingerprint density at radius 1 is 1.00 bits per heavy atom. The van der Waals surface area contributed by atoms with Crippen LogP contribution in [0.2, 0.25) is 0 Å². The fraction of sp³-hybridized carbons (Fsp3) is 0.917. The van der Waals surface area contributed by atoms with E-state index in [2.05, 4.69) is 33.0 Å². The maximum absolute atomic E-state index is 11.6. The van der Waals surface area contributed by atoms with Gasteiger partial charge in [-0.2, -0.15) is 0 Å². The molecule has 1 N–H and O–H groups in total. The van der Waals surface area contributed by atoms with Crippen LogP contribution in [0.5, 0.6) is 0 Å². The Morgan fingerprint density at radius 3 is 1.86 bits per heavy atom. The van der Waals surface area contributed by atoms with Gasteiger partial charge in [-0.1, -0.05) is 40.5 Å². The van der Waals surface area contributed by atoms with E-state index in [0.29, 0.717) is 5.92 Å². The Kier molecular flexibility index (Phi) is 7.54. The summed E-state index contributed by atoms with van der Waals surface area (Å²) < 4.78 is 0. The number of carbonyl (C=O) groups is 1. The molecule has 0 aromatic carbocycles. The first-order valence-corrected chi connectivity index (χ1v) is 5.97. The first-order chi connectivity index (χ1) is 6.69. The first-order valence-electron chi connectivity index (χ1n) is 5.97. The van der Waals surface area contributed by atoms with Crippen LogP contribution in [0, 0.1) is 11.8 Å². The lowest BCUT2D eigenvalue weighted by Gasteiger charge is -2.16. The van der Waals surface area contributed by atoms with Crippen molar-refractivity contribution in [3.8, 4) is 0 Å². The van der Waals surface area contributed by atoms with Gasteiger partial charge in [-0.25, -0.2) is 0 Å². The number of rotatable bonds is 7. The zero-order valence-electron chi connectivity index (χ0n) is 10.1. The molecule has 0 saturated carbocycles. The Morgan fingerprint density at radius 2 is 1.50 bits per heavy atom. The smallest absolute Gasteiger partial charge is 0.223 e. The summed E-state index contributed by atoms with van der Waals surface area (Å²) in [6, 6.07) is 0. The van der Waals surface area contributed by atoms with Crippen molar-refractivity contribution in [2.24, 2.45) is 11.8 Å². The van der Waals surface area contributed by atoms with Crippen LogP contribution in [0.15, 0.2) is 0 Å². The van der Waals surface area contributed by atoms with Crippen LogP contribution in [-0.2, 0) is 4.79 Å². The maximum Gasteiger partial charge on any atom is 0.223 e. The molecule has 0 aliphatic heterocycles. The van der Waals surface area contributed by atoms with Crippen molar-refractivity contribution < 1.29 is 4.79 Å². The lowest BCUT2D eigenvalue weighted by atomic mass is 10.0. The minimum atomic E-state index is 0.212. The van der Waals surface area contributed by atoms with Crippen molar-refractivity contribution in [3.05, 3.63) is 0 Å². The molecule has 0 aromatic heterocycles. The van der Waals surface area contributed by atoms with Crippen LogP contribution in [0.3, 0.4) is 0 Å². The summed E-state index contributed by atoms with van der Waals surface area (Å²) in [5.74, 6) is 1.10. The largest absolute Gasteiger partial charge is 0.356 e. The summed E-state index contributed by atoms with van der Waals surface area (Å²) in [6.07, 6.45) is 4.20. The molecule has 0 unspecified atom stereocenters. The molecule has 0 bridgehead atoms. The summed E-state index contributed by atoms with van der Waals surface area (Å²) in [4.78, 5) is 11.6. The monoisotopic (exact) mass is 199 g/mol. The predicted octanol–water partition coefficient (Wildman–Crippen LogP) is 2.98. The number of carbonyl (C=O) groups excluding carboxylic acids is 1. The molecular weight excluding hydrogens is 174 g/mol. The van der Waals surface area contributed by atoms with Gasteiger partial charge in [-0.05, 0) is 18.8 Å². The second-order valence-electron chi connectivity index (χ2n) is 3.94. The van der Waals surface area contributed by atoms with Crippen molar-refractivity contribution in [2.45, 2.75) is 53.4 Å². The fourth-order valence-electron chi connectivity index (χ4n) is 1.63. The van der Waals surface area contributed by atoms with Gasteiger partial charge in [-0.15, -0.1) is 0 Å². The number of amides is 1. The zero-order valence-corrected chi connectivity index (χ0v) is 10.1. The molecule has 0 radical (unpaired) electrons. The van der Waals surface area contributed by atoms with Gasteiger partial charge in [0.05, 0.1) is 0 Å². The quantitative estimate of drug-likeness (QED) is 0.671. The first kappa shape index (κ1) is 13.5. The summed E-state index contributed by atoms with van der Waals surface area (Å²) in [5, 5.41) is 3.05. The molecule has 1 amide bonds. The molecule has 0 aliphatic carbocycles. The van der Waals surface area contributed by atoms with Gasteiger partial charge in [-0.3, -0.25) is 4.79 Å². The van der Waals surface area contributed by atoms with Crippen molar-refractivity contribution in [1.82, 2.24) is 5.32 Å². The highest BCUT2D eigenvalue weighted by atomic mass is 16.1. The van der Waals surface area contributed by atoms with E-state index in [1.807, 2.05) is 0 Å². The van der Waals surface area contributed by atoms with Gasteiger partial charge in [0.15, 0.2) is 0 Å². The minimum absolute atomic E-state index is 0.212. The Hall–Kier alpha value is -0.530. The third kappa shape index (κ3) is 4.64. The molecular formula is C12H25NO. The molecule has 84 valence electrons. The number of hydrogen-bond acceptors (Lipinski definition) is 1. The number of nitrogens with one attached hydrogen (secondary N) is 1. The summed E-state index contributed by atoms with van der Waals surface area (Å²) in [7, 11) is 0. The van der Waals surface area contributed by atoms with Gasteiger partial charge in [0.2, 0.25) is 5.91 Å². The molecule has 0 rings (SSSR count). The van der Waals surface area contributed by atoms with E-state index in [1.165, 1.54) is 0 Å². The van der Waals surface area contributed by atoms with Gasteiger partial charge >= 0.3 is 0 Å². The second-order valence-corrected chi connectivity index (χ2v) is 3.94. The number of hydrogen-bond donors (Lipinski definition) is 1. The Labute approximate surface area is 88.5 Å². The second kappa shape index (κ2) is 7.84. The van der Waals surface area contributed by atoms with Crippen LogP contribution in [0.1, 0.15) is 53.4 Å². The van der Waals surface area contributed by atoms with E-state index >= 15 is 0 Å². The lowest BCUT2D eigenvalue weighted by Crippen LogP contribution is -2.33. The van der Waals surface area contributed by atoms with Gasteiger partial charge in [0.1, 0.15) is 0 Å². The van der Waals surface area contributed by atoms with Crippen LogP contribution >= 0.6 is 0 Å². The molecule has 0 spiro atoms. The van der Waals surface area contributed by atoms with Crippen LogP contribution in [-0.4, -0.2) is 12.5 Å². The maximum atomic E-state index is 11.6. The zero-order chi connectivity index (χ0) is 11.0. The van der Waals surface area contributed by atoms with Crippen molar-refractivity contribution >= 4 is 5.91 Å². The molecule has 0 aromatic rings. The normalized spacial score (nSPS) is 11.0. The fourth-order valence-corrected chi connectivity index (χ4v) is 1.63. The Bertz CT molecular complexity index is 148. The summed E-state index contributed by atoms with van der Waals surface area (Å²) in [5.41, 5.74) is 0. The molecule has 0 heterocycles. The van der Waals surface area contributed by atoms with E-state index in [4.69, 9.17) is 0 Å². The van der Waals surface area contributed by atoms with Crippen LogP contribution < -0.4 is 5.32 Å². The van der Waals surface area contributed by atoms with E-state index in [0.717, 1.165) is 32.2 Å². The predicted molar refractivity (Wildman–Crippen MR) is 61.2 cm³/mol. The topological polar surface area (TPSA) is 29.1 Å². The third-order valence-electron chi connectivity index (χ3n) is 3.08. The van der Waals surface area contributed by atoms with E-state index in [1.54, 1.807) is 0 Å². The van der Waals surface area contributed by atoms with E-state index < -0.39 is 0 Å². The van der Waals surface area contributed by atoms with Crippen LogP contribution in [0.25, 0.3) is 0 Å². The van der Waals surface area contributed by atoms with Gasteiger partial charge in [0, 0.05) is 12.5 Å². The average molecular weight is 199 g/mol. The highest BCUT2D eigenvalue weighted by Crippen LogP contribution is 2.09. The summed E-state index contributed by atoms with van der Waals surface area (Å²) in [6.45, 7) is 9.35. The van der Waals surface area contributed by atoms with Crippen LogP contribution in [0.4, 0.5) is 0 Å².